The summed E-state index contributed by atoms with van der Waals surface area (Å²) >= 11 is 3.20. The predicted octanol–water partition coefficient (Wildman–Crippen LogP) is 2.88. The number of hydrogen-bond acceptors (Lipinski definition) is 3. The first-order valence-corrected chi connectivity index (χ1v) is 7.92. The van der Waals surface area contributed by atoms with Crippen molar-refractivity contribution < 1.29 is 9.18 Å². The first-order valence-electron chi connectivity index (χ1n) is 7.12. The van der Waals surface area contributed by atoms with Gasteiger partial charge in [-0.1, -0.05) is 22.9 Å². The van der Waals surface area contributed by atoms with E-state index in [1.54, 1.807) is 19.2 Å². The highest BCUT2D eigenvalue weighted by atomic mass is 79.9. The Labute approximate surface area is 140 Å². The van der Waals surface area contributed by atoms with Crippen LogP contribution in [0.1, 0.15) is 28.8 Å². The molecule has 1 unspecified atom stereocenters. The van der Waals surface area contributed by atoms with Crippen LogP contribution in [-0.2, 0) is 7.05 Å². The molecule has 0 bridgehead atoms. The Bertz CT molecular complexity index is 863. The maximum atomic E-state index is 14.1. The van der Waals surface area contributed by atoms with E-state index >= 15 is 0 Å². The fraction of sp³-hybridized carbons (Fsp3) is 0.250. The van der Waals surface area contributed by atoms with E-state index in [-0.39, 0.29) is 28.9 Å². The largest absolute Gasteiger partial charge is 0.351 e. The zero-order valence-electron chi connectivity index (χ0n) is 12.6. The molecule has 7 heteroatoms. The molecular weight excluding hydrogens is 365 g/mol. The van der Waals surface area contributed by atoms with Gasteiger partial charge in [0.05, 0.1) is 11.3 Å². The van der Waals surface area contributed by atoms with Crippen molar-refractivity contribution >= 4 is 33.3 Å². The molecule has 2 aromatic rings. The van der Waals surface area contributed by atoms with Crippen LogP contribution in [0.4, 0.5) is 15.9 Å². The van der Waals surface area contributed by atoms with Gasteiger partial charge in [0, 0.05) is 24.1 Å². The fourth-order valence-corrected chi connectivity index (χ4v) is 2.99. The van der Waals surface area contributed by atoms with E-state index in [1.165, 1.54) is 16.7 Å². The van der Waals surface area contributed by atoms with Crippen LogP contribution in [-0.4, -0.2) is 17.0 Å². The lowest BCUT2D eigenvalue weighted by Gasteiger charge is -2.26. The molecule has 2 heterocycles. The van der Waals surface area contributed by atoms with Gasteiger partial charge in [0.1, 0.15) is 11.6 Å². The van der Waals surface area contributed by atoms with Crippen molar-refractivity contribution in [2.24, 2.45) is 7.05 Å². The number of nitrogens with zero attached hydrogens (tertiary/aromatic N) is 1. The van der Waals surface area contributed by atoms with E-state index in [1.807, 2.05) is 6.92 Å². The molecule has 0 spiro atoms. The fourth-order valence-electron chi connectivity index (χ4n) is 2.65. The molecule has 1 atom stereocenters. The van der Waals surface area contributed by atoms with Crippen molar-refractivity contribution in [2.75, 3.05) is 11.9 Å². The molecule has 0 fully saturated rings. The van der Waals surface area contributed by atoms with Gasteiger partial charge < -0.3 is 10.6 Å². The summed E-state index contributed by atoms with van der Waals surface area (Å²) in [6, 6.07) is 6.02. The van der Waals surface area contributed by atoms with Gasteiger partial charge in [-0.3, -0.25) is 14.2 Å². The highest BCUT2D eigenvalue weighted by molar-refractivity contribution is 9.10. The number of carbonyl (C=O) groups excluding carboxylic acids is 1. The summed E-state index contributed by atoms with van der Waals surface area (Å²) in [6.07, 6.45) is 0. The SMILES string of the molecule is CC1CNC(=O)c2c1cc(=O)n(C)c2Nc1ccc(Br)cc1F. The number of hydrogen-bond donors (Lipinski definition) is 2. The van der Waals surface area contributed by atoms with Crippen molar-refractivity contribution in [2.45, 2.75) is 12.8 Å². The molecule has 0 radical (unpaired) electrons. The van der Waals surface area contributed by atoms with Crippen LogP contribution in [0.3, 0.4) is 0 Å². The number of benzene rings is 1. The second-order valence-electron chi connectivity index (χ2n) is 5.58. The van der Waals surface area contributed by atoms with E-state index in [9.17, 15) is 14.0 Å². The van der Waals surface area contributed by atoms with Crippen LogP contribution in [0.5, 0.6) is 0 Å². The van der Waals surface area contributed by atoms with E-state index in [0.29, 0.717) is 22.1 Å². The van der Waals surface area contributed by atoms with Crippen molar-refractivity contribution in [1.29, 1.82) is 0 Å². The molecule has 120 valence electrons. The molecule has 3 rings (SSSR count). The predicted molar refractivity (Wildman–Crippen MR) is 89.8 cm³/mol. The van der Waals surface area contributed by atoms with Gasteiger partial charge in [0.15, 0.2) is 0 Å². The van der Waals surface area contributed by atoms with Crippen LogP contribution in [0, 0.1) is 5.82 Å². The van der Waals surface area contributed by atoms with Gasteiger partial charge in [-0.25, -0.2) is 4.39 Å². The second kappa shape index (κ2) is 5.81. The first-order chi connectivity index (χ1) is 10.9. The minimum Gasteiger partial charge on any atom is -0.351 e. The Hall–Kier alpha value is -2.15. The smallest absolute Gasteiger partial charge is 0.255 e. The number of anilines is 2. The summed E-state index contributed by atoms with van der Waals surface area (Å²) in [5.41, 5.74) is 1.01. The summed E-state index contributed by atoms with van der Waals surface area (Å²) in [4.78, 5) is 24.5. The van der Waals surface area contributed by atoms with Gasteiger partial charge in [0.25, 0.3) is 11.5 Å². The average Bonchev–Trinajstić information content (AvgIpc) is 2.50. The third-order valence-electron chi connectivity index (χ3n) is 3.98. The number of carbonyl (C=O) groups is 1. The molecular formula is C16H15BrFN3O2. The third kappa shape index (κ3) is 2.76. The normalized spacial score (nSPS) is 16.7. The minimum atomic E-state index is -0.478. The van der Waals surface area contributed by atoms with Gasteiger partial charge in [0.2, 0.25) is 0 Å². The first kappa shape index (κ1) is 15.7. The summed E-state index contributed by atoms with van der Waals surface area (Å²) in [5.74, 6) is -0.438. The van der Waals surface area contributed by atoms with Gasteiger partial charge in [-0.15, -0.1) is 0 Å². The number of pyridine rings is 1. The highest BCUT2D eigenvalue weighted by Gasteiger charge is 2.28. The van der Waals surface area contributed by atoms with Crippen molar-refractivity contribution in [1.82, 2.24) is 9.88 Å². The standard InChI is InChI=1S/C16H15BrFN3O2/c1-8-7-19-16(23)14-10(8)6-13(22)21(2)15(14)20-12-4-3-9(17)5-11(12)18/h3-6,8,20H,7H2,1-2H3,(H,19,23). The molecule has 1 aliphatic heterocycles. The lowest BCUT2D eigenvalue weighted by Crippen LogP contribution is -2.37. The maximum absolute atomic E-state index is 14.1. The molecule has 0 aliphatic carbocycles. The number of nitrogens with one attached hydrogen (secondary N) is 2. The number of halogens is 2. The monoisotopic (exact) mass is 379 g/mol. The summed E-state index contributed by atoms with van der Waals surface area (Å²) < 4.78 is 16.0. The lowest BCUT2D eigenvalue weighted by molar-refractivity contribution is 0.0941. The van der Waals surface area contributed by atoms with E-state index < -0.39 is 5.82 Å². The molecule has 1 aromatic carbocycles. The second-order valence-corrected chi connectivity index (χ2v) is 6.50. The van der Waals surface area contributed by atoms with Gasteiger partial charge >= 0.3 is 0 Å². The zero-order valence-corrected chi connectivity index (χ0v) is 14.2. The van der Waals surface area contributed by atoms with Crippen LogP contribution in [0.2, 0.25) is 0 Å². The van der Waals surface area contributed by atoms with E-state index in [4.69, 9.17) is 0 Å². The highest BCUT2D eigenvalue weighted by Crippen LogP contribution is 2.30. The van der Waals surface area contributed by atoms with E-state index in [2.05, 4.69) is 26.6 Å². The molecule has 1 aromatic heterocycles. The van der Waals surface area contributed by atoms with Gasteiger partial charge in [-0.2, -0.15) is 0 Å². The Morgan fingerprint density at radius 3 is 2.78 bits per heavy atom. The lowest BCUT2D eigenvalue weighted by atomic mass is 9.92. The van der Waals surface area contributed by atoms with Crippen LogP contribution in [0.15, 0.2) is 33.5 Å². The quantitative estimate of drug-likeness (QED) is 0.842. The zero-order chi connectivity index (χ0) is 16.7. The Kier molecular flexibility index (Phi) is 3.97. The van der Waals surface area contributed by atoms with Crippen molar-refractivity contribution in [3.05, 3.63) is 56.0 Å². The molecule has 0 saturated carbocycles. The molecule has 1 aliphatic rings. The number of fused-ring (bicyclic) bond motifs is 1. The molecule has 5 nitrogen and oxygen atoms in total. The average molecular weight is 380 g/mol. The Morgan fingerprint density at radius 1 is 1.35 bits per heavy atom. The molecule has 23 heavy (non-hydrogen) atoms. The van der Waals surface area contributed by atoms with Crippen LogP contribution >= 0.6 is 15.9 Å². The van der Waals surface area contributed by atoms with E-state index in [0.717, 1.165) is 0 Å². The minimum absolute atomic E-state index is 0.0203. The summed E-state index contributed by atoms with van der Waals surface area (Å²) in [6.45, 7) is 2.41. The maximum Gasteiger partial charge on any atom is 0.255 e. The summed E-state index contributed by atoms with van der Waals surface area (Å²) in [7, 11) is 1.55. The number of aromatic nitrogens is 1. The molecule has 1 amide bonds. The molecule has 2 N–H and O–H groups in total. The topological polar surface area (TPSA) is 63.1 Å². The third-order valence-corrected chi connectivity index (χ3v) is 4.47. The Morgan fingerprint density at radius 2 is 2.09 bits per heavy atom. The number of rotatable bonds is 2. The van der Waals surface area contributed by atoms with Gasteiger partial charge in [-0.05, 0) is 29.7 Å². The van der Waals surface area contributed by atoms with Crippen molar-refractivity contribution in [3.63, 3.8) is 0 Å². The van der Waals surface area contributed by atoms with Crippen molar-refractivity contribution in [3.8, 4) is 0 Å². The van der Waals surface area contributed by atoms with Crippen LogP contribution in [0.25, 0.3) is 0 Å². The summed E-state index contributed by atoms with van der Waals surface area (Å²) in [5, 5.41) is 5.68. The van der Waals surface area contributed by atoms with Crippen LogP contribution < -0.4 is 16.2 Å². The number of amides is 1. The molecule has 0 saturated heterocycles. The Balaban J connectivity index is 2.18.